The molecule has 4 rings (SSSR count). The first-order valence-electron chi connectivity index (χ1n) is 9.35. The maximum absolute atomic E-state index is 12.9. The number of amides is 4. The zero-order valence-electron chi connectivity index (χ0n) is 15.3. The Bertz CT molecular complexity index is 870. The number of likely N-dealkylation sites (tertiary alicyclic amines) is 1. The topological polar surface area (TPSA) is 133 Å². The lowest BCUT2D eigenvalue weighted by atomic mass is 10.0. The van der Waals surface area contributed by atoms with Gasteiger partial charge in [0.15, 0.2) is 0 Å². The molecule has 9 nitrogen and oxygen atoms in total. The number of β-amino-alcohol motifs (C(OH)–C–C–N with tert-alkyl or cyclic N) is 1. The molecule has 2 saturated heterocycles. The van der Waals surface area contributed by atoms with Crippen LogP contribution in [0, 0.1) is 0 Å². The highest BCUT2D eigenvalue weighted by Crippen LogP contribution is 2.29. The molecule has 0 spiro atoms. The van der Waals surface area contributed by atoms with Gasteiger partial charge >= 0.3 is 0 Å². The van der Waals surface area contributed by atoms with Gasteiger partial charge < -0.3 is 10.8 Å². The van der Waals surface area contributed by atoms with E-state index in [2.05, 4.69) is 10.2 Å². The molecule has 0 bridgehead atoms. The van der Waals surface area contributed by atoms with Crippen molar-refractivity contribution in [3.8, 4) is 0 Å². The van der Waals surface area contributed by atoms with Crippen LogP contribution >= 0.6 is 0 Å². The van der Waals surface area contributed by atoms with Gasteiger partial charge in [0.05, 0.1) is 17.2 Å². The van der Waals surface area contributed by atoms with Gasteiger partial charge in [0, 0.05) is 32.1 Å². The second-order valence-electron chi connectivity index (χ2n) is 7.54. The summed E-state index contributed by atoms with van der Waals surface area (Å²) < 4.78 is 0. The lowest BCUT2D eigenvalue weighted by Gasteiger charge is -2.27. The molecule has 0 aliphatic carbocycles. The molecule has 148 valence electrons. The fourth-order valence-corrected chi connectivity index (χ4v) is 4.25. The lowest BCUT2D eigenvalue weighted by molar-refractivity contribution is -0.136. The molecule has 0 aromatic heterocycles. The standard InChI is InChI=1S/C19H22N4O5/c20-7-11-6-12(24)9-22(11)8-10-1-2-13-14(5-10)19(28)23(18(13)27)15-3-4-16(25)21-17(15)26/h1-2,5,11-12,15,24H,3-4,6-9,20H2,(H,21,25,26)/t11-,12-,15?/m1/s1. The van der Waals surface area contributed by atoms with E-state index in [9.17, 15) is 24.3 Å². The molecule has 4 N–H and O–H groups in total. The number of nitrogens with one attached hydrogen (secondary N) is 1. The van der Waals surface area contributed by atoms with Crippen LogP contribution < -0.4 is 11.1 Å². The minimum absolute atomic E-state index is 0.0700. The summed E-state index contributed by atoms with van der Waals surface area (Å²) in [6.45, 7) is 1.45. The number of carbonyl (C=O) groups excluding carboxylic acids is 4. The number of aliphatic hydroxyl groups is 1. The Balaban J connectivity index is 1.56. The van der Waals surface area contributed by atoms with Crippen LogP contribution in [-0.2, 0) is 16.1 Å². The summed E-state index contributed by atoms with van der Waals surface area (Å²) in [6, 6.07) is 4.14. The second-order valence-corrected chi connectivity index (χ2v) is 7.54. The van der Waals surface area contributed by atoms with Crippen LogP contribution in [0.15, 0.2) is 18.2 Å². The van der Waals surface area contributed by atoms with Crippen LogP contribution in [0.5, 0.6) is 0 Å². The van der Waals surface area contributed by atoms with E-state index < -0.39 is 35.8 Å². The SMILES string of the molecule is NC[C@H]1C[C@@H](O)CN1Cc1ccc2c(c1)C(=O)N(C1CCC(=O)NC1=O)C2=O. The summed E-state index contributed by atoms with van der Waals surface area (Å²) in [6.07, 6.45) is 0.413. The van der Waals surface area contributed by atoms with Crippen LogP contribution in [0.1, 0.15) is 45.5 Å². The molecule has 1 unspecified atom stereocenters. The number of carbonyl (C=O) groups is 4. The summed E-state index contributed by atoms with van der Waals surface area (Å²) in [5.74, 6) is -2.06. The van der Waals surface area contributed by atoms with Gasteiger partial charge in [-0.25, -0.2) is 0 Å². The number of benzene rings is 1. The van der Waals surface area contributed by atoms with Gasteiger partial charge in [-0.15, -0.1) is 0 Å². The van der Waals surface area contributed by atoms with Crippen LogP contribution in [0.3, 0.4) is 0 Å². The summed E-state index contributed by atoms with van der Waals surface area (Å²) in [7, 11) is 0. The largest absolute Gasteiger partial charge is 0.392 e. The van der Waals surface area contributed by atoms with E-state index in [1.54, 1.807) is 18.2 Å². The Kier molecular flexibility index (Phi) is 4.74. The van der Waals surface area contributed by atoms with Crippen LogP contribution in [-0.4, -0.2) is 69.8 Å². The Morgan fingerprint density at radius 3 is 2.61 bits per heavy atom. The van der Waals surface area contributed by atoms with Crippen LogP contribution in [0.2, 0.25) is 0 Å². The smallest absolute Gasteiger partial charge is 0.262 e. The van der Waals surface area contributed by atoms with Crippen molar-refractivity contribution < 1.29 is 24.3 Å². The maximum Gasteiger partial charge on any atom is 0.262 e. The van der Waals surface area contributed by atoms with E-state index in [1.807, 2.05) is 0 Å². The summed E-state index contributed by atoms with van der Waals surface area (Å²) in [5, 5.41) is 12.1. The summed E-state index contributed by atoms with van der Waals surface area (Å²) in [5.41, 5.74) is 7.13. The quantitative estimate of drug-likeness (QED) is 0.564. The lowest BCUT2D eigenvalue weighted by Crippen LogP contribution is -2.54. The minimum atomic E-state index is -0.969. The number of hydrogen-bond donors (Lipinski definition) is 3. The number of rotatable bonds is 4. The minimum Gasteiger partial charge on any atom is -0.392 e. The highest BCUT2D eigenvalue weighted by Gasteiger charge is 2.44. The second kappa shape index (κ2) is 7.08. The molecule has 0 saturated carbocycles. The van der Waals surface area contributed by atoms with Crippen molar-refractivity contribution in [3.63, 3.8) is 0 Å². The van der Waals surface area contributed by atoms with Gasteiger partial charge in [-0.2, -0.15) is 0 Å². The fourth-order valence-electron chi connectivity index (χ4n) is 4.25. The number of nitrogens with two attached hydrogens (primary N) is 1. The number of fused-ring (bicyclic) bond motifs is 1. The highest BCUT2D eigenvalue weighted by atomic mass is 16.3. The van der Waals surface area contributed by atoms with Gasteiger partial charge in [0.25, 0.3) is 11.8 Å². The molecule has 1 aromatic carbocycles. The molecule has 2 fully saturated rings. The average Bonchev–Trinajstić information content (AvgIpc) is 3.13. The van der Waals surface area contributed by atoms with E-state index in [-0.39, 0.29) is 30.0 Å². The summed E-state index contributed by atoms with van der Waals surface area (Å²) in [4.78, 5) is 52.0. The molecule has 3 heterocycles. The third-order valence-electron chi connectivity index (χ3n) is 5.67. The van der Waals surface area contributed by atoms with Gasteiger partial charge in [0.2, 0.25) is 11.8 Å². The van der Waals surface area contributed by atoms with Crippen LogP contribution in [0.25, 0.3) is 0 Å². The van der Waals surface area contributed by atoms with Crippen molar-refractivity contribution in [2.24, 2.45) is 5.73 Å². The van der Waals surface area contributed by atoms with Crippen molar-refractivity contribution in [2.45, 2.75) is 44.0 Å². The fraction of sp³-hybridized carbons (Fsp3) is 0.474. The number of imide groups is 2. The average molecular weight is 386 g/mol. The van der Waals surface area contributed by atoms with E-state index in [0.29, 0.717) is 26.1 Å². The normalized spacial score (nSPS) is 28.1. The molecule has 9 heteroatoms. The van der Waals surface area contributed by atoms with Gasteiger partial charge in [-0.1, -0.05) is 6.07 Å². The Morgan fingerprint density at radius 2 is 1.89 bits per heavy atom. The Hall–Kier alpha value is -2.62. The first-order valence-corrected chi connectivity index (χ1v) is 9.35. The van der Waals surface area contributed by atoms with E-state index in [0.717, 1.165) is 10.5 Å². The first kappa shape index (κ1) is 18.7. The predicted octanol–water partition coefficient (Wildman–Crippen LogP) is -1.02. The molecule has 1 aromatic rings. The van der Waals surface area contributed by atoms with Crippen molar-refractivity contribution >= 4 is 23.6 Å². The third kappa shape index (κ3) is 3.11. The molecular weight excluding hydrogens is 364 g/mol. The van der Waals surface area contributed by atoms with E-state index >= 15 is 0 Å². The Morgan fingerprint density at radius 1 is 1.14 bits per heavy atom. The molecule has 3 atom stereocenters. The molecule has 3 aliphatic rings. The molecule has 4 amide bonds. The highest BCUT2D eigenvalue weighted by molar-refractivity contribution is 6.23. The van der Waals surface area contributed by atoms with Gasteiger partial charge in [-0.3, -0.25) is 34.3 Å². The molecule has 28 heavy (non-hydrogen) atoms. The number of piperidine rings is 1. The number of nitrogens with zero attached hydrogens (tertiary/aromatic N) is 2. The zero-order chi connectivity index (χ0) is 20.0. The molecule has 3 aliphatic heterocycles. The maximum atomic E-state index is 12.9. The molecular formula is C19H22N4O5. The van der Waals surface area contributed by atoms with Gasteiger partial charge in [0.1, 0.15) is 6.04 Å². The van der Waals surface area contributed by atoms with Crippen molar-refractivity contribution in [3.05, 3.63) is 34.9 Å². The Labute approximate surface area is 161 Å². The number of hydrogen-bond acceptors (Lipinski definition) is 7. The summed E-state index contributed by atoms with van der Waals surface area (Å²) >= 11 is 0. The monoisotopic (exact) mass is 386 g/mol. The first-order chi connectivity index (χ1) is 13.4. The predicted molar refractivity (Wildman–Crippen MR) is 97.0 cm³/mol. The van der Waals surface area contributed by atoms with Crippen molar-refractivity contribution in [1.82, 2.24) is 15.1 Å². The number of aliphatic hydroxyl groups excluding tert-OH is 1. The zero-order valence-corrected chi connectivity index (χ0v) is 15.3. The third-order valence-corrected chi connectivity index (χ3v) is 5.67. The van der Waals surface area contributed by atoms with E-state index in [1.165, 1.54) is 0 Å². The molecule has 0 radical (unpaired) electrons. The van der Waals surface area contributed by atoms with Crippen molar-refractivity contribution in [2.75, 3.05) is 13.1 Å². The van der Waals surface area contributed by atoms with E-state index in [4.69, 9.17) is 5.73 Å². The van der Waals surface area contributed by atoms with Crippen molar-refractivity contribution in [1.29, 1.82) is 0 Å². The van der Waals surface area contributed by atoms with Gasteiger partial charge in [-0.05, 0) is 30.5 Å². The van der Waals surface area contributed by atoms with Crippen LogP contribution in [0.4, 0.5) is 0 Å².